The number of alkyl halides is 3. The molecule has 1 atom stereocenters. The van der Waals surface area contributed by atoms with Crippen LogP contribution in [0.5, 0.6) is 5.75 Å². The molecule has 1 aromatic heterocycles. The van der Waals surface area contributed by atoms with Crippen LogP contribution in [0, 0.1) is 0 Å². The summed E-state index contributed by atoms with van der Waals surface area (Å²) in [6.45, 7) is 8.87. The Labute approximate surface area is 178 Å². The second kappa shape index (κ2) is 9.40. The molecule has 31 heavy (non-hydrogen) atoms. The van der Waals surface area contributed by atoms with E-state index in [9.17, 15) is 22.8 Å². The molecular weight excluding hydrogens is 415 g/mol. The third-order valence-electron chi connectivity index (χ3n) is 4.53. The van der Waals surface area contributed by atoms with E-state index in [2.05, 4.69) is 5.10 Å². The highest BCUT2D eigenvalue weighted by atomic mass is 19.4. The smallest absolute Gasteiger partial charge is 0.416 e. The molecule has 1 heterocycles. The predicted octanol–water partition coefficient (Wildman–Crippen LogP) is 4.09. The van der Waals surface area contributed by atoms with E-state index in [1.54, 1.807) is 4.90 Å². The van der Waals surface area contributed by atoms with Gasteiger partial charge in [0, 0.05) is 12.1 Å². The third-order valence-corrected chi connectivity index (χ3v) is 4.53. The van der Waals surface area contributed by atoms with Crippen molar-refractivity contribution in [3.05, 3.63) is 41.7 Å². The lowest BCUT2D eigenvalue weighted by atomic mass is 10.2. The van der Waals surface area contributed by atoms with Crippen molar-refractivity contribution >= 4 is 11.9 Å². The van der Waals surface area contributed by atoms with Gasteiger partial charge in [-0.2, -0.15) is 18.3 Å². The van der Waals surface area contributed by atoms with Crippen molar-refractivity contribution in [3.8, 4) is 11.4 Å². The fourth-order valence-electron chi connectivity index (χ4n) is 3.19. The van der Waals surface area contributed by atoms with Crippen LogP contribution in [0.1, 0.15) is 50.7 Å². The summed E-state index contributed by atoms with van der Waals surface area (Å²) in [7, 11) is 1.29. The zero-order valence-corrected chi connectivity index (χ0v) is 18.2. The van der Waals surface area contributed by atoms with Crippen LogP contribution < -0.4 is 4.74 Å². The maximum absolute atomic E-state index is 13.0. The van der Waals surface area contributed by atoms with Gasteiger partial charge in [-0.1, -0.05) is 6.07 Å². The van der Waals surface area contributed by atoms with Crippen molar-refractivity contribution in [1.29, 1.82) is 0 Å². The van der Waals surface area contributed by atoms with Crippen LogP contribution in [0.4, 0.5) is 13.2 Å². The number of methoxy groups -OCH3 is 1. The lowest BCUT2D eigenvalue weighted by Gasteiger charge is -2.32. The normalized spacial score (nSPS) is 12.7. The van der Waals surface area contributed by atoms with E-state index < -0.39 is 23.8 Å². The zero-order valence-electron chi connectivity index (χ0n) is 18.2. The first-order valence-electron chi connectivity index (χ1n) is 9.71. The minimum absolute atomic E-state index is 0.00614. The van der Waals surface area contributed by atoms with E-state index in [4.69, 9.17) is 9.47 Å². The zero-order chi connectivity index (χ0) is 23.5. The van der Waals surface area contributed by atoms with E-state index in [0.717, 1.165) is 16.8 Å². The molecule has 170 valence electrons. The largest absolute Gasteiger partial charge is 0.493 e. The molecule has 1 amide bonds. The summed E-state index contributed by atoms with van der Waals surface area (Å²) in [6, 6.07) is 4.29. The highest BCUT2D eigenvalue weighted by Gasteiger charge is 2.32. The van der Waals surface area contributed by atoms with Gasteiger partial charge < -0.3 is 14.4 Å². The van der Waals surface area contributed by atoms with Crippen molar-refractivity contribution in [1.82, 2.24) is 14.7 Å². The molecule has 1 aromatic carbocycles. The molecule has 0 aliphatic carbocycles. The number of aromatic nitrogens is 2. The van der Waals surface area contributed by atoms with Crippen LogP contribution in [0.25, 0.3) is 5.69 Å². The van der Waals surface area contributed by atoms with Crippen LogP contribution in [-0.2, 0) is 15.7 Å². The molecule has 0 saturated carbocycles. The number of ether oxygens (including phenoxy) is 2. The highest BCUT2D eigenvalue weighted by molar-refractivity contribution is 5.93. The Bertz CT molecular complexity index is 930. The monoisotopic (exact) mass is 441 g/mol. The average Bonchev–Trinajstić information content (AvgIpc) is 3.11. The molecule has 0 N–H and O–H groups in total. The Kier molecular flexibility index (Phi) is 7.35. The number of hydrogen-bond donors (Lipinski definition) is 0. The van der Waals surface area contributed by atoms with E-state index in [1.165, 1.54) is 32.4 Å². The molecule has 0 radical (unpaired) electrons. The number of nitrogens with zero attached hydrogens (tertiary/aromatic N) is 3. The summed E-state index contributed by atoms with van der Waals surface area (Å²) < 4.78 is 50.5. The molecule has 1 unspecified atom stereocenters. The predicted molar refractivity (Wildman–Crippen MR) is 107 cm³/mol. The quantitative estimate of drug-likeness (QED) is 0.605. The van der Waals surface area contributed by atoms with E-state index >= 15 is 0 Å². The summed E-state index contributed by atoms with van der Waals surface area (Å²) >= 11 is 0. The molecule has 2 aromatic rings. The van der Waals surface area contributed by atoms with Crippen LogP contribution in [0.3, 0.4) is 0 Å². The molecule has 0 bridgehead atoms. The standard InChI is InChI=1S/C21H26F3N3O4/c1-12(2)27(13(3)4)19(28)14(5)31-20(29)18-17(30-6)11-26(25-18)16-9-7-8-15(10-16)21(22,23)24/h7-14H,1-6H3. The Hall–Kier alpha value is -3.04. The summed E-state index contributed by atoms with van der Waals surface area (Å²) in [6.07, 6.45) is -4.34. The SMILES string of the molecule is COc1cn(-c2cccc(C(F)(F)F)c2)nc1C(=O)OC(C)C(=O)N(C(C)C)C(C)C. The van der Waals surface area contributed by atoms with E-state index in [0.29, 0.717) is 0 Å². The molecule has 7 nitrogen and oxygen atoms in total. The molecule has 0 spiro atoms. The van der Waals surface area contributed by atoms with Gasteiger partial charge in [0.25, 0.3) is 5.91 Å². The number of esters is 1. The van der Waals surface area contributed by atoms with Gasteiger partial charge in [-0.3, -0.25) is 4.79 Å². The number of benzene rings is 1. The minimum atomic E-state index is -4.52. The van der Waals surface area contributed by atoms with Gasteiger partial charge in [-0.25, -0.2) is 9.48 Å². The van der Waals surface area contributed by atoms with Crippen molar-refractivity contribution in [2.24, 2.45) is 0 Å². The molecule has 0 saturated heterocycles. The molecule has 10 heteroatoms. The van der Waals surface area contributed by atoms with Gasteiger partial charge in [-0.05, 0) is 52.8 Å². The maximum atomic E-state index is 13.0. The Morgan fingerprint density at radius 3 is 2.23 bits per heavy atom. The summed E-state index contributed by atoms with van der Waals surface area (Å²) in [5.74, 6) is -1.28. The Balaban J connectivity index is 2.29. The molecule has 2 rings (SSSR count). The number of amides is 1. The van der Waals surface area contributed by atoms with Gasteiger partial charge in [0.05, 0.1) is 24.6 Å². The van der Waals surface area contributed by atoms with Crippen LogP contribution in [0.15, 0.2) is 30.5 Å². The van der Waals surface area contributed by atoms with Crippen molar-refractivity contribution in [2.45, 2.75) is 59.0 Å². The fourth-order valence-corrected chi connectivity index (χ4v) is 3.19. The van der Waals surface area contributed by atoms with Gasteiger partial charge in [0.15, 0.2) is 11.9 Å². The summed E-state index contributed by atoms with van der Waals surface area (Å²) in [5, 5.41) is 4.03. The molecule has 0 fully saturated rings. The number of carbonyl (C=O) groups excluding carboxylic acids is 2. The van der Waals surface area contributed by atoms with E-state index in [-0.39, 0.29) is 35.1 Å². The number of carbonyl (C=O) groups is 2. The lowest BCUT2D eigenvalue weighted by Crippen LogP contribution is -2.47. The first-order chi connectivity index (χ1) is 14.4. The second-order valence-electron chi connectivity index (χ2n) is 7.52. The van der Waals surface area contributed by atoms with Gasteiger partial charge in [0.1, 0.15) is 0 Å². The Morgan fingerprint density at radius 2 is 1.71 bits per heavy atom. The van der Waals surface area contributed by atoms with Gasteiger partial charge in [0.2, 0.25) is 5.69 Å². The number of rotatable bonds is 7. The first-order valence-corrected chi connectivity index (χ1v) is 9.71. The van der Waals surface area contributed by atoms with Gasteiger partial charge >= 0.3 is 12.1 Å². The Morgan fingerprint density at radius 1 is 1.10 bits per heavy atom. The number of hydrogen-bond acceptors (Lipinski definition) is 5. The van der Waals surface area contributed by atoms with Crippen molar-refractivity contribution < 1.29 is 32.2 Å². The molecule has 0 aliphatic heterocycles. The maximum Gasteiger partial charge on any atom is 0.416 e. The average molecular weight is 441 g/mol. The molecular formula is C21H26F3N3O4. The highest BCUT2D eigenvalue weighted by Crippen LogP contribution is 2.31. The first kappa shape index (κ1) is 24.2. The van der Waals surface area contributed by atoms with Crippen LogP contribution >= 0.6 is 0 Å². The van der Waals surface area contributed by atoms with Crippen molar-refractivity contribution in [2.75, 3.05) is 7.11 Å². The fraction of sp³-hybridized carbons (Fsp3) is 0.476. The van der Waals surface area contributed by atoms with Crippen molar-refractivity contribution in [3.63, 3.8) is 0 Å². The summed E-state index contributed by atoms with van der Waals surface area (Å²) in [4.78, 5) is 26.9. The summed E-state index contributed by atoms with van der Waals surface area (Å²) in [5.41, 5.74) is -1.02. The topological polar surface area (TPSA) is 73.7 Å². The van der Waals surface area contributed by atoms with E-state index in [1.807, 2.05) is 27.7 Å². The van der Waals surface area contributed by atoms with Crippen LogP contribution in [-0.4, -0.2) is 51.9 Å². The van der Waals surface area contributed by atoms with Gasteiger partial charge in [-0.15, -0.1) is 0 Å². The second-order valence-corrected chi connectivity index (χ2v) is 7.52. The third kappa shape index (κ3) is 5.56. The van der Waals surface area contributed by atoms with Crippen LogP contribution in [0.2, 0.25) is 0 Å². The lowest BCUT2D eigenvalue weighted by molar-refractivity contribution is -0.143. The minimum Gasteiger partial charge on any atom is -0.493 e. The molecule has 0 aliphatic rings. The number of halogens is 3.